The summed E-state index contributed by atoms with van der Waals surface area (Å²) in [7, 11) is -3.92. The van der Waals surface area contributed by atoms with E-state index in [9.17, 15) is 13.2 Å². The van der Waals surface area contributed by atoms with E-state index in [0.717, 1.165) is 4.31 Å². The Bertz CT molecular complexity index is 1030. The zero-order valence-electron chi connectivity index (χ0n) is 17.2. The molecule has 2 aromatic rings. The molecule has 1 saturated heterocycles. The van der Waals surface area contributed by atoms with Gasteiger partial charge in [-0.2, -0.15) is 0 Å². The molecule has 1 aliphatic heterocycles. The van der Waals surface area contributed by atoms with Crippen LogP contribution in [0.2, 0.25) is 5.02 Å². The number of amides is 1. The second-order valence-electron chi connectivity index (χ2n) is 8.00. The van der Waals surface area contributed by atoms with Crippen molar-refractivity contribution >= 4 is 33.2 Å². The predicted molar refractivity (Wildman–Crippen MR) is 119 cm³/mol. The molecule has 0 radical (unpaired) electrons. The van der Waals surface area contributed by atoms with E-state index in [1.165, 1.54) is 0 Å². The minimum absolute atomic E-state index is 0.0580. The molecule has 3 rings (SSSR count). The third-order valence-corrected chi connectivity index (χ3v) is 7.15. The molecule has 8 heteroatoms. The van der Waals surface area contributed by atoms with Crippen LogP contribution >= 0.6 is 11.6 Å². The van der Waals surface area contributed by atoms with Gasteiger partial charge in [0.1, 0.15) is 11.5 Å². The molecule has 0 aliphatic carbocycles. The molecule has 6 nitrogen and oxygen atoms in total. The maximum atomic E-state index is 13.3. The van der Waals surface area contributed by atoms with Crippen molar-refractivity contribution in [1.82, 2.24) is 4.31 Å². The number of ether oxygens (including phenoxy) is 1. The summed E-state index contributed by atoms with van der Waals surface area (Å²) in [6.45, 7) is 5.78. The lowest BCUT2D eigenvalue weighted by Gasteiger charge is -2.30. The lowest BCUT2D eigenvalue weighted by atomic mass is 10.1. The third-order valence-electron chi connectivity index (χ3n) is 4.58. The smallest absolute Gasteiger partial charge is 0.283 e. The number of hydrogen-bond acceptors (Lipinski definition) is 5. The van der Waals surface area contributed by atoms with Gasteiger partial charge in [0, 0.05) is 18.0 Å². The van der Waals surface area contributed by atoms with Gasteiger partial charge in [-0.3, -0.25) is 9.79 Å². The monoisotopic (exact) mass is 448 g/mol. The molecule has 0 bridgehead atoms. The summed E-state index contributed by atoms with van der Waals surface area (Å²) in [5.74, 6) is 0.127. The van der Waals surface area contributed by atoms with E-state index >= 15 is 0 Å². The van der Waals surface area contributed by atoms with Crippen LogP contribution in [-0.2, 0) is 14.8 Å². The molecular weight excluding hydrogens is 424 g/mol. The molecule has 160 valence electrons. The molecule has 0 spiro atoms. The van der Waals surface area contributed by atoms with Gasteiger partial charge in [-0.15, -0.1) is 0 Å². The van der Waals surface area contributed by atoms with Crippen molar-refractivity contribution in [2.75, 3.05) is 13.2 Å². The molecule has 1 fully saturated rings. The van der Waals surface area contributed by atoms with Crippen LogP contribution in [0.25, 0.3) is 0 Å². The standard InChI is InChI=1S/C22H25ClN2O4S/c1-22(2,3)25-21(26)19(20(30(25,27)28)16-8-5-4-6-9-16)24-14-7-15-29-18-12-10-17(23)11-13-18/h4-6,8-13,20H,7,14-15H2,1-3H3. The first kappa shape index (κ1) is 22.3. The number of nitrogens with zero attached hydrogens (tertiary/aromatic N) is 2. The van der Waals surface area contributed by atoms with Crippen LogP contribution in [-0.4, -0.2) is 43.0 Å². The van der Waals surface area contributed by atoms with E-state index in [4.69, 9.17) is 16.3 Å². The maximum Gasteiger partial charge on any atom is 0.283 e. The molecule has 1 atom stereocenters. The molecular formula is C22H25ClN2O4S. The van der Waals surface area contributed by atoms with E-state index in [2.05, 4.69) is 4.99 Å². The van der Waals surface area contributed by atoms with Crippen molar-refractivity contribution in [2.45, 2.75) is 38.0 Å². The molecule has 1 heterocycles. The second kappa shape index (κ2) is 8.78. The summed E-state index contributed by atoms with van der Waals surface area (Å²) < 4.78 is 33.1. The lowest BCUT2D eigenvalue weighted by Crippen LogP contribution is -2.45. The second-order valence-corrected chi connectivity index (χ2v) is 10.3. The Balaban J connectivity index is 1.79. The van der Waals surface area contributed by atoms with Crippen molar-refractivity contribution in [3.8, 4) is 5.75 Å². The van der Waals surface area contributed by atoms with Gasteiger partial charge in [0.05, 0.1) is 12.1 Å². The van der Waals surface area contributed by atoms with Gasteiger partial charge in [-0.05, 0) is 50.6 Å². The zero-order chi connectivity index (χ0) is 21.9. The topological polar surface area (TPSA) is 76.0 Å². The quantitative estimate of drug-likeness (QED) is 0.618. The normalized spacial score (nSPS) is 20.0. The molecule has 30 heavy (non-hydrogen) atoms. The minimum Gasteiger partial charge on any atom is -0.494 e. The van der Waals surface area contributed by atoms with Crippen molar-refractivity contribution in [1.29, 1.82) is 0 Å². The maximum absolute atomic E-state index is 13.3. The Morgan fingerprint density at radius 3 is 2.30 bits per heavy atom. The van der Waals surface area contributed by atoms with Gasteiger partial charge < -0.3 is 4.74 Å². The van der Waals surface area contributed by atoms with Crippen molar-refractivity contribution < 1.29 is 17.9 Å². The van der Waals surface area contributed by atoms with Crippen LogP contribution in [0.3, 0.4) is 0 Å². The van der Waals surface area contributed by atoms with E-state index in [1.54, 1.807) is 75.4 Å². The summed E-state index contributed by atoms with van der Waals surface area (Å²) in [4.78, 5) is 17.5. The van der Waals surface area contributed by atoms with Gasteiger partial charge in [-0.1, -0.05) is 41.9 Å². The highest BCUT2D eigenvalue weighted by Crippen LogP contribution is 2.38. The van der Waals surface area contributed by atoms with Gasteiger partial charge in [-0.25, -0.2) is 12.7 Å². The van der Waals surface area contributed by atoms with Crippen molar-refractivity contribution in [2.24, 2.45) is 4.99 Å². The first-order valence-corrected chi connectivity index (χ1v) is 11.6. The van der Waals surface area contributed by atoms with E-state index in [-0.39, 0.29) is 12.3 Å². The number of carbonyl (C=O) groups excluding carboxylic acids is 1. The highest BCUT2D eigenvalue weighted by atomic mass is 35.5. The van der Waals surface area contributed by atoms with Crippen molar-refractivity contribution in [3.05, 3.63) is 65.2 Å². The number of halogens is 1. The van der Waals surface area contributed by atoms with E-state index in [0.29, 0.717) is 29.4 Å². The fraction of sp³-hybridized carbons (Fsp3) is 0.364. The lowest BCUT2D eigenvalue weighted by molar-refractivity contribution is -0.122. The number of aliphatic imine (C=N–C) groups is 1. The summed E-state index contributed by atoms with van der Waals surface area (Å²) >= 11 is 5.85. The van der Waals surface area contributed by atoms with Crippen LogP contribution in [0.5, 0.6) is 5.75 Å². The van der Waals surface area contributed by atoms with Crippen LogP contribution in [0.4, 0.5) is 0 Å². The molecule has 0 aromatic heterocycles. The summed E-state index contributed by atoms with van der Waals surface area (Å²) in [5, 5.41) is -0.465. The largest absolute Gasteiger partial charge is 0.494 e. The number of hydrogen-bond donors (Lipinski definition) is 0. The van der Waals surface area contributed by atoms with Gasteiger partial charge in [0.25, 0.3) is 15.9 Å². The first-order valence-electron chi connectivity index (χ1n) is 9.68. The average molecular weight is 449 g/mol. The number of benzene rings is 2. The average Bonchev–Trinajstić information content (AvgIpc) is 2.88. The Labute approximate surface area is 182 Å². The summed E-state index contributed by atoms with van der Waals surface area (Å²) in [5.41, 5.74) is -0.283. The SMILES string of the molecule is CC(C)(C)N1C(=O)C(=NCCCOc2ccc(Cl)cc2)C(c2ccccc2)S1(=O)=O. The minimum atomic E-state index is -3.92. The molecule has 1 amide bonds. The zero-order valence-corrected chi connectivity index (χ0v) is 18.8. The summed E-state index contributed by atoms with van der Waals surface area (Å²) in [6.07, 6.45) is 0.538. The molecule has 2 aromatic carbocycles. The number of rotatable bonds is 6. The number of sulfonamides is 1. The fourth-order valence-corrected chi connectivity index (χ4v) is 5.74. The van der Waals surface area contributed by atoms with Crippen molar-refractivity contribution in [3.63, 3.8) is 0 Å². The Morgan fingerprint density at radius 1 is 1.07 bits per heavy atom. The molecule has 1 unspecified atom stereocenters. The van der Waals surface area contributed by atoms with Crippen LogP contribution in [0, 0.1) is 0 Å². The Morgan fingerprint density at radius 2 is 1.70 bits per heavy atom. The van der Waals surface area contributed by atoms with Gasteiger partial charge in [0.2, 0.25) is 0 Å². The van der Waals surface area contributed by atoms with Gasteiger partial charge in [0.15, 0.2) is 5.25 Å². The molecule has 1 aliphatic rings. The Kier molecular flexibility index (Phi) is 6.53. The molecule has 0 N–H and O–H groups in total. The van der Waals surface area contributed by atoms with Crippen LogP contribution in [0.15, 0.2) is 59.6 Å². The first-order chi connectivity index (χ1) is 14.1. The van der Waals surface area contributed by atoms with Crippen LogP contribution in [0.1, 0.15) is 38.0 Å². The summed E-state index contributed by atoms with van der Waals surface area (Å²) in [6, 6.07) is 15.8. The molecule has 0 saturated carbocycles. The van der Waals surface area contributed by atoms with E-state index < -0.39 is 26.7 Å². The highest BCUT2D eigenvalue weighted by molar-refractivity contribution is 7.91. The predicted octanol–water partition coefficient (Wildman–Crippen LogP) is 4.26. The third kappa shape index (κ3) is 4.68. The fourth-order valence-electron chi connectivity index (χ4n) is 3.36. The Hall–Kier alpha value is -2.38. The highest BCUT2D eigenvalue weighted by Gasteiger charge is 2.54. The van der Waals surface area contributed by atoms with E-state index in [1.807, 2.05) is 0 Å². The number of carbonyl (C=O) groups is 1. The van der Waals surface area contributed by atoms with Crippen LogP contribution < -0.4 is 4.74 Å². The van der Waals surface area contributed by atoms with Gasteiger partial charge >= 0.3 is 0 Å².